The van der Waals surface area contributed by atoms with Gasteiger partial charge in [0, 0.05) is 19.3 Å². The topological polar surface area (TPSA) is 62.3 Å². The van der Waals surface area contributed by atoms with E-state index in [-0.39, 0.29) is 33.9 Å². The van der Waals surface area contributed by atoms with Gasteiger partial charge in [-0.2, -0.15) is 0 Å². The zero-order valence-corrected chi connectivity index (χ0v) is 12.1. The number of hydrogen-bond acceptors (Lipinski definition) is 3. The molecule has 2 amide bonds. The van der Waals surface area contributed by atoms with Gasteiger partial charge in [0.25, 0.3) is 5.91 Å². The largest absolute Gasteiger partial charge is 0.354 e. The Morgan fingerprint density at radius 1 is 1.45 bits per heavy atom. The van der Waals surface area contributed by atoms with Crippen LogP contribution in [0.25, 0.3) is 0 Å². The Balaban J connectivity index is 1.90. The molecule has 20 heavy (non-hydrogen) atoms. The Morgan fingerprint density at radius 3 is 3.05 bits per heavy atom. The molecule has 0 bridgehead atoms. The van der Waals surface area contributed by atoms with E-state index in [9.17, 15) is 9.59 Å². The number of rotatable bonds is 1. The highest BCUT2D eigenvalue weighted by atomic mass is 35.5. The van der Waals surface area contributed by atoms with Crippen molar-refractivity contribution in [2.24, 2.45) is 5.92 Å². The number of fused-ring (bicyclic) bond motifs is 1. The van der Waals surface area contributed by atoms with E-state index in [2.05, 4.69) is 10.3 Å². The second-order valence-electron chi connectivity index (χ2n) is 5.05. The first-order valence-electron chi connectivity index (χ1n) is 6.47. The van der Waals surface area contributed by atoms with Crippen molar-refractivity contribution in [2.75, 3.05) is 13.1 Å². The maximum absolute atomic E-state index is 12.6. The molecule has 0 radical (unpaired) electrons. The average molecular weight is 314 g/mol. The van der Waals surface area contributed by atoms with Gasteiger partial charge >= 0.3 is 0 Å². The Morgan fingerprint density at radius 2 is 2.25 bits per heavy atom. The molecule has 2 aliphatic rings. The summed E-state index contributed by atoms with van der Waals surface area (Å²) in [5.74, 6) is -0.263. The molecule has 1 aromatic rings. The van der Waals surface area contributed by atoms with Crippen LogP contribution in [0.15, 0.2) is 12.3 Å². The molecule has 5 nitrogen and oxygen atoms in total. The highest BCUT2D eigenvalue weighted by Gasteiger charge is 2.43. The van der Waals surface area contributed by atoms with E-state index in [4.69, 9.17) is 23.2 Å². The second kappa shape index (κ2) is 5.22. The molecule has 3 rings (SSSR count). The van der Waals surface area contributed by atoms with Crippen molar-refractivity contribution in [3.05, 3.63) is 28.0 Å². The summed E-state index contributed by atoms with van der Waals surface area (Å²) < 4.78 is 0. The van der Waals surface area contributed by atoms with Crippen molar-refractivity contribution in [1.82, 2.24) is 15.2 Å². The zero-order chi connectivity index (χ0) is 14.3. The van der Waals surface area contributed by atoms with Crippen LogP contribution < -0.4 is 5.32 Å². The van der Waals surface area contributed by atoms with E-state index in [1.807, 2.05) is 0 Å². The molecule has 1 N–H and O–H groups in total. The molecule has 2 unspecified atom stereocenters. The third kappa shape index (κ3) is 2.25. The summed E-state index contributed by atoms with van der Waals surface area (Å²) in [6, 6.07) is 1.38. The number of nitrogens with one attached hydrogen (secondary N) is 1. The van der Waals surface area contributed by atoms with Crippen molar-refractivity contribution in [3.8, 4) is 0 Å². The summed E-state index contributed by atoms with van der Waals surface area (Å²) in [4.78, 5) is 29.9. The fourth-order valence-corrected chi connectivity index (χ4v) is 3.28. The Kier molecular flexibility index (Phi) is 3.56. The monoisotopic (exact) mass is 313 g/mol. The van der Waals surface area contributed by atoms with E-state index in [1.54, 1.807) is 4.90 Å². The van der Waals surface area contributed by atoms with Crippen LogP contribution in [0, 0.1) is 5.92 Å². The quantitative estimate of drug-likeness (QED) is 0.803. The summed E-state index contributed by atoms with van der Waals surface area (Å²) >= 11 is 11.9. The predicted octanol–water partition coefficient (Wildman–Crippen LogP) is 1.74. The number of carbonyl (C=O) groups is 2. The smallest absolute Gasteiger partial charge is 0.255 e. The number of aromatic nitrogens is 1. The minimum atomic E-state index is -0.189. The van der Waals surface area contributed by atoms with Gasteiger partial charge in [-0.25, -0.2) is 4.98 Å². The Labute approximate surface area is 126 Å². The van der Waals surface area contributed by atoms with Gasteiger partial charge in [0.2, 0.25) is 5.91 Å². The van der Waals surface area contributed by atoms with Crippen LogP contribution in [-0.4, -0.2) is 40.8 Å². The number of nitrogens with zero attached hydrogens (tertiary/aromatic N) is 2. The minimum Gasteiger partial charge on any atom is -0.354 e. The van der Waals surface area contributed by atoms with Crippen LogP contribution in [0.4, 0.5) is 0 Å². The number of likely N-dealkylation sites (tertiary alicyclic amines) is 1. The normalized spacial score (nSPS) is 25.3. The van der Waals surface area contributed by atoms with E-state index in [0.29, 0.717) is 18.7 Å². The molecule has 0 aromatic carbocycles. The maximum Gasteiger partial charge on any atom is 0.255 e. The lowest BCUT2D eigenvalue weighted by atomic mass is 9.91. The number of piperidine rings is 1. The molecule has 2 aliphatic heterocycles. The van der Waals surface area contributed by atoms with Crippen LogP contribution >= 0.6 is 23.2 Å². The van der Waals surface area contributed by atoms with Gasteiger partial charge in [-0.3, -0.25) is 9.59 Å². The number of carbonyl (C=O) groups excluding carboxylic acids is 2. The second-order valence-corrected chi connectivity index (χ2v) is 5.84. The minimum absolute atomic E-state index is 0.0337. The van der Waals surface area contributed by atoms with Gasteiger partial charge in [0.1, 0.15) is 5.15 Å². The third-order valence-electron chi connectivity index (χ3n) is 3.91. The van der Waals surface area contributed by atoms with Gasteiger partial charge in [0.15, 0.2) is 0 Å². The molecule has 106 valence electrons. The highest BCUT2D eigenvalue weighted by Crippen LogP contribution is 2.30. The van der Waals surface area contributed by atoms with Crippen LogP contribution in [0.3, 0.4) is 0 Å². The molecule has 1 aromatic heterocycles. The average Bonchev–Trinajstić information content (AvgIpc) is 2.83. The number of amides is 2. The Bertz CT molecular complexity index is 579. The molecule has 0 aliphatic carbocycles. The molecule has 7 heteroatoms. The van der Waals surface area contributed by atoms with Crippen molar-refractivity contribution in [2.45, 2.75) is 18.9 Å². The van der Waals surface area contributed by atoms with E-state index < -0.39 is 0 Å². The van der Waals surface area contributed by atoms with Crippen LogP contribution in [0.5, 0.6) is 0 Å². The molecule has 0 spiro atoms. The first-order chi connectivity index (χ1) is 9.58. The third-order valence-corrected chi connectivity index (χ3v) is 4.42. The van der Waals surface area contributed by atoms with Gasteiger partial charge in [0.05, 0.1) is 22.5 Å². The molecule has 2 atom stereocenters. The van der Waals surface area contributed by atoms with Crippen LogP contribution in [0.1, 0.15) is 23.2 Å². The molecule has 0 saturated carbocycles. The van der Waals surface area contributed by atoms with Crippen molar-refractivity contribution in [3.63, 3.8) is 0 Å². The van der Waals surface area contributed by atoms with Crippen LogP contribution in [0.2, 0.25) is 10.2 Å². The van der Waals surface area contributed by atoms with E-state index in [1.165, 1.54) is 12.3 Å². The Hall–Kier alpha value is -1.33. The lowest BCUT2D eigenvalue weighted by Gasteiger charge is -2.36. The van der Waals surface area contributed by atoms with Gasteiger partial charge in [-0.05, 0) is 18.9 Å². The molecule has 2 fully saturated rings. The lowest BCUT2D eigenvalue weighted by molar-refractivity contribution is -0.123. The highest BCUT2D eigenvalue weighted by molar-refractivity contribution is 6.35. The van der Waals surface area contributed by atoms with Crippen molar-refractivity contribution in [1.29, 1.82) is 0 Å². The summed E-state index contributed by atoms with van der Waals surface area (Å²) in [5, 5.41) is 3.32. The fourth-order valence-electron chi connectivity index (χ4n) is 2.94. The lowest BCUT2D eigenvalue weighted by Crippen LogP contribution is -2.48. The van der Waals surface area contributed by atoms with Gasteiger partial charge in [-0.1, -0.05) is 23.2 Å². The molecular formula is C13H13Cl2N3O2. The molecule has 2 saturated heterocycles. The summed E-state index contributed by atoms with van der Waals surface area (Å²) in [6.45, 7) is 1.14. The van der Waals surface area contributed by atoms with Crippen molar-refractivity contribution >= 4 is 35.0 Å². The maximum atomic E-state index is 12.6. The van der Waals surface area contributed by atoms with Gasteiger partial charge < -0.3 is 10.2 Å². The number of hydrogen-bond donors (Lipinski definition) is 1. The first-order valence-corrected chi connectivity index (χ1v) is 7.23. The standard InChI is InChI=1S/C13H13Cl2N3O2/c14-9-5-16-11(15)4-8(9)13(20)18-3-1-2-7-10(18)6-17-12(7)19/h4-5,7,10H,1-3,6H2,(H,17,19). The molecule has 3 heterocycles. The van der Waals surface area contributed by atoms with E-state index >= 15 is 0 Å². The first kappa shape index (κ1) is 13.6. The fraction of sp³-hybridized carbons (Fsp3) is 0.462. The number of pyridine rings is 1. The van der Waals surface area contributed by atoms with Crippen molar-refractivity contribution < 1.29 is 9.59 Å². The summed E-state index contributed by atoms with van der Waals surface area (Å²) in [5.41, 5.74) is 0.340. The molecular weight excluding hydrogens is 301 g/mol. The van der Waals surface area contributed by atoms with Gasteiger partial charge in [-0.15, -0.1) is 0 Å². The predicted molar refractivity (Wildman–Crippen MR) is 74.8 cm³/mol. The SMILES string of the molecule is O=C1NCC2C1CCCN2C(=O)c1cc(Cl)ncc1Cl. The summed E-state index contributed by atoms with van der Waals surface area (Å²) in [7, 11) is 0. The van der Waals surface area contributed by atoms with E-state index in [0.717, 1.165) is 12.8 Å². The zero-order valence-electron chi connectivity index (χ0n) is 10.6. The number of halogens is 2. The van der Waals surface area contributed by atoms with Crippen LogP contribution in [-0.2, 0) is 4.79 Å². The summed E-state index contributed by atoms with van der Waals surface area (Å²) in [6.07, 6.45) is 3.01.